The molecule has 3 rings (SSSR count). The smallest absolute Gasteiger partial charge is 0.192 e. The molecular formula is C21H28N2OSSi. The van der Waals surface area contributed by atoms with Crippen LogP contribution in [0.3, 0.4) is 0 Å². The van der Waals surface area contributed by atoms with E-state index in [0.29, 0.717) is 0 Å². The Morgan fingerprint density at radius 2 is 1.81 bits per heavy atom. The molecule has 1 aromatic carbocycles. The molecule has 0 aliphatic carbocycles. The second-order valence-electron chi connectivity index (χ2n) is 6.71. The van der Waals surface area contributed by atoms with Gasteiger partial charge in [-0.3, -0.25) is 0 Å². The van der Waals surface area contributed by atoms with E-state index in [4.69, 9.17) is 9.41 Å². The maximum absolute atomic E-state index is 6.74. The molecule has 3 nitrogen and oxygen atoms in total. The van der Waals surface area contributed by atoms with Crippen LogP contribution in [0.15, 0.2) is 41.9 Å². The van der Waals surface area contributed by atoms with Crippen molar-refractivity contribution < 1.29 is 4.43 Å². The molecule has 1 atom stereocenters. The van der Waals surface area contributed by atoms with Crippen LogP contribution in [0.1, 0.15) is 45.9 Å². The van der Waals surface area contributed by atoms with Gasteiger partial charge in [-0.15, -0.1) is 11.3 Å². The Kier molecular flexibility index (Phi) is 6.22. The fourth-order valence-corrected chi connectivity index (χ4v) is 7.31. The van der Waals surface area contributed by atoms with Crippen LogP contribution in [0, 0.1) is 0 Å². The number of benzene rings is 1. The number of aromatic nitrogens is 2. The van der Waals surface area contributed by atoms with E-state index in [-0.39, 0.29) is 6.10 Å². The van der Waals surface area contributed by atoms with Crippen LogP contribution < -0.4 is 0 Å². The number of thiophene rings is 1. The highest BCUT2D eigenvalue weighted by atomic mass is 32.1. The Labute approximate surface area is 161 Å². The lowest BCUT2D eigenvalue weighted by Gasteiger charge is -2.32. The fourth-order valence-electron chi connectivity index (χ4n) is 3.51. The minimum atomic E-state index is -1.67. The average molecular weight is 385 g/mol. The van der Waals surface area contributed by atoms with Gasteiger partial charge in [0.2, 0.25) is 0 Å². The van der Waals surface area contributed by atoms with Crippen LogP contribution >= 0.6 is 11.3 Å². The Morgan fingerprint density at radius 3 is 2.50 bits per heavy atom. The van der Waals surface area contributed by atoms with E-state index in [1.54, 1.807) is 11.3 Å². The summed E-state index contributed by atoms with van der Waals surface area (Å²) in [6.45, 7) is 9.01. The van der Waals surface area contributed by atoms with Gasteiger partial charge in [-0.1, -0.05) is 39.8 Å². The second kappa shape index (κ2) is 8.42. The summed E-state index contributed by atoms with van der Waals surface area (Å²) in [5.41, 5.74) is 2.12. The minimum absolute atomic E-state index is 0.0609. The lowest BCUT2D eigenvalue weighted by atomic mass is 10.1. The normalized spacial score (nSPS) is 13.2. The first-order chi connectivity index (χ1) is 12.7. The van der Waals surface area contributed by atoms with Crippen molar-refractivity contribution in [3.63, 3.8) is 0 Å². The van der Waals surface area contributed by atoms with Crippen LogP contribution in [-0.2, 0) is 4.43 Å². The van der Waals surface area contributed by atoms with Crippen LogP contribution in [0.2, 0.25) is 18.1 Å². The van der Waals surface area contributed by atoms with Crippen molar-refractivity contribution in [2.24, 2.45) is 0 Å². The maximum atomic E-state index is 6.74. The van der Waals surface area contributed by atoms with Crippen LogP contribution in [0.25, 0.3) is 21.5 Å². The van der Waals surface area contributed by atoms with E-state index >= 15 is 0 Å². The van der Waals surface area contributed by atoms with Gasteiger partial charge in [0.1, 0.15) is 0 Å². The Bertz CT molecular complexity index is 852. The molecule has 3 aromatic rings. The molecule has 0 radical (unpaired) electrons. The molecule has 0 bridgehead atoms. The van der Waals surface area contributed by atoms with E-state index in [1.165, 1.54) is 10.1 Å². The van der Waals surface area contributed by atoms with E-state index < -0.39 is 8.32 Å². The zero-order chi connectivity index (χ0) is 18.6. The SMILES string of the molecule is CCC(O[Si](CC)(CC)CC)c1ccnc(-c2cccc3ccsc23)n1. The number of fused-ring (bicyclic) bond motifs is 1. The van der Waals surface area contributed by atoms with Gasteiger partial charge in [0, 0.05) is 16.5 Å². The molecule has 138 valence electrons. The average Bonchev–Trinajstić information content (AvgIpc) is 3.18. The highest BCUT2D eigenvalue weighted by Crippen LogP contribution is 2.33. The summed E-state index contributed by atoms with van der Waals surface area (Å²) in [4.78, 5) is 9.49. The van der Waals surface area contributed by atoms with Crippen molar-refractivity contribution in [3.8, 4) is 11.4 Å². The molecule has 0 amide bonds. The Hall–Kier alpha value is -1.56. The van der Waals surface area contributed by atoms with Gasteiger partial charge in [-0.25, -0.2) is 9.97 Å². The van der Waals surface area contributed by atoms with Crippen molar-refractivity contribution in [2.45, 2.75) is 58.4 Å². The van der Waals surface area contributed by atoms with Crippen molar-refractivity contribution in [1.29, 1.82) is 0 Å². The summed E-state index contributed by atoms with van der Waals surface area (Å²) in [7, 11) is -1.67. The maximum Gasteiger partial charge on any atom is 0.192 e. The fraction of sp³-hybridized carbons (Fsp3) is 0.429. The van der Waals surface area contributed by atoms with Crippen molar-refractivity contribution in [1.82, 2.24) is 9.97 Å². The predicted octanol–water partition coefficient (Wildman–Crippen LogP) is 6.83. The monoisotopic (exact) mass is 384 g/mol. The van der Waals surface area contributed by atoms with Crippen molar-refractivity contribution >= 4 is 29.7 Å². The van der Waals surface area contributed by atoms with Crippen LogP contribution in [-0.4, -0.2) is 18.3 Å². The summed E-state index contributed by atoms with van der Waals surface area (Å²) in [5, 5.41) is 3.37. The van der Waals surface area contributed by atoms with Crippen molar-refractivity contribution in [3.05, 3.63) is 47.6 Å². The lowest BCUT2D eigenvalue weighted by molar-refractivity contribution is 0.181. The molecule has 5 heteroatoms. The summed E-state index contributed by atoms with van der Waals surface area (Å²) in [6.07, 6.45) is 2.88. The molecule has 0 N–H and O–H groups in total. The first kappa shape index (κ1) is 19.2. The number of rotatable bonds is 8. The Morgan fingerprint density at radius 1 is 1.04 bits per heavy atom. The molecule has 26 heavy (non-hydrogen) atoms. The van der Waals surface area contributed by atoms with Crippen LogP contribution in [0.5, 0.6) is 0 Å². The molecule has 2 heterocycles. The third kappa shape index (κ3) is 3.75. The summed E-state index contributed by atoms with van der Waals surface area (Å²) < 4.78 is 7.98. The highest BCUT2D eigenvalue weighted by Gasteiger charge is 2.32. The van der Waals surface area contributed by atoms with Crippen molar-refractivity contribution in [2.75, 3.05) is 0 Å². The first-order valence-electron chi connectivity index (χ1n) is 9.63. The largest absolute Gasteiger partial charge is 0.408 e. The highest BCUT2D eigenvalue weighted by molar-refractivity contribution is 7.17. The third-order valence-corrected chi connectivity index (χ3v) is 11.0. The zero-order valence-corrected chi connectivity index (χ0v) is 18.0. The van der Waals surface area contributed by atoms with Gasteiger partial charge in [-0.2, -0.15) is 0 Å². The van der Waals surface area contributed by atoms with Crippen LogP contribution in [0.4, 0.5) is 0 Å². The first-order valence-corrected chi connectivity index (χ1v) is 13.0. The number of hydrogen-bond acceptors (Lipinski definition) is 4. The molecule has 2 aromatic heterocycles. The third-order valence-electron chi connectivity index (χ3n) is 5.42. The van der Waals surface area contributed by atoms with Gasteiger partial charge < -0.3 is 4.43 Å². The quantitative estimate of drug-likeness (QED) is 0.399. The summed E-state index contributed by atoms with van der Waals surface area (Å²) >= 11 is 1.75. The molecule has 0 aliphatic heterocycles. The van der Waals surface area contributed by atoms with E-state index in [0.717, 1.165) is 41.6 Å². The number of hydrogen-bond donors (Lipinski definition) is 0. The molecule has 0 saturated heterocycles. The zero-order valence-electron chi connectivity index (χ0n) is 16.2. The molecule has 1 unspecified atom stereocenters. The van der Waals surface area contributed by atoms with E-state index in [1.807, 2.05) is 12.3 Å². The topological polar surface area (TPSA) is 35.0 Å². The van der Waals surface area contributed by atoms with Gasteiger partial charge in [-0.05, 0) is 53.5 Å². The minimum Gasteiger partial charge on any atom is -0.408 e. The lowest BCUT2D eigenvalue weighted by Crippen LogP contribution is -2.37. The summed E-state index contributed by atoms with van der Waals surface area (Å²) in [6, 6.07) is 14.0. The second-order valence-corrected chi connectivity index (χ2v) is 12.3. The van der Waals surface area contributed by atoms with Gasteiger partial charge in [0.05, 0.1) is 11.8 Å². The molecule has 0 spiro atoms. The summed E-state index contributed by atoms with van der Waals surface area (Å²) in [5.74, 6) is 0.800. The molecule has 0 aliphatic rings. The van der Waals surface area contributed by atoms with Gasteiger partial charge in [0.15, 0.2) is 14.1 Å². The molecule has 0 saturated carbocycles. The number of nitrogens with zero attached hydrogens (tertiary/aromatic N) is 2. The van der Waals surface area contributed by atoms with E-state index in [9.17, 15) is 0 Å². The standard InChI is InChI=1S/C21H28N2OSSi/c1-5-19(24-26(6-2,7-3)8-4)18-12-14-22-21(23-18)17-11-9-10-16-13-15-25-20(16)17/h9-15,19H,5-8H2,1-4H3. The van der Waals surface area contributed by atoms with E-state index in [2.05, 4.69) is 62.3 Å². The van der Waals surface area contributed by atoms with Gasteiger partial charge >= 0.3 is 0 Å². The molecular weight excluding hydrogens is 356 g/mol. The Balaban J connectivity index is 1.96. The predicted molar refractivity (Wildman–Crippen MR) is 114 cm³/mol. The van der Waals surface area contributed by atoms with Gasteiger partial charge in [0.25, 0.3) is 0 Å². The molecule has 0 fully saturated rings.